The van der Waals surface area contributed by atoms with Crippen molar-refractivity contribution in [3.05, 3.63) is 99.0 Å². The second-order valence-electron chi connectivity index (χ2n) is 9.59. The van der Waals surface area contributed by atoms with Crippen LogP contribution in [0.4, 0.5) is 8.78 Å². The third-order valence-electron chi connectivity index (χ3n) is 7.13. The van der Waals surface area contributed by atoms with Crippen molar-refractivity contribution >= 4 is 22.7 Å². The molecule has 37 heavy (non-hydrogen) atoms. The molecule has 1 fully saturated rings. The summed E-state index contributed by atoms with van der Waals surface area (Å²) in [6.07, 6.45) is 1.93. The molecule has 0 saturated carbocycles. The number of imidazole rings is 1. The Balaban J connectivity index is 1.42. The zero-order chi connectivity index (χ0) is 25.5. The van der Waals surface area contributed by atoms with Crippen molar-refractivity contribution in [2.24, 2.45) is 0 Å². The lowest BCUT2D eigenvalue weighted by atomic mass is 9.92. The number of halogens is 2. The van der Waals surface area contributed by atoms with Gasteiger partial charge in [-0.1, -0.05) is 18.2 Å². The van der Waals surface area contributed by atoms with E-state index in [0.29, 0.717) is 35.7 Å². The maximum Gasteiger partial charge on any atom is 0.326 e. The summed E-state index contributed by atoms with van der Waals surface area (Å²) >= 11 is 0. The number of nitrogens with one attached hydrogen (secondary N) is 1. The summed E-state index contributed by atoms with van der Waals surface area (Å²) in [6, 6.07) is 15.0. The zero-order valence-electron chi connectivity index (χ0n) is 20.5. The molecule has 2 aliphatic rings. The molecule has 190 valence electrons. The molecule has 0 unspecified atom stereocenters. The average Bonchev–Trinajstić information content (AvgIpc) is 3.13. The van der Waals surface area contributed by atoms with E-state index in [1.54, 1.807) is 16.7 Å². The molecule has 0 radical (unpaired) electrons. The fourth-order valence-electron chi connectivity index (χ4n) is 5.33. The number of aromatic amines is 1. The van der Waals surface area contributed by atoms with Gasteiger partial charge >= 0.3 is 5.69 Å². The Kier molecular flexibility index (Phi) is 6.14. The van der Waals surface area contributed by atoms with Gasteiger partial charge in [0.25, 0.3) is 0 Å². The molecule has 0 spiro atoms. The van der Waals surface area contributed by atoms with Gasteiger partial charge in [-0.25, -0.2) is 13.6 Å². The van der Waals surface area contributed by atoms with Crippen LogP contribution in [0.3, 0.4) is 0 Å². The quantitative estimate of drug-likeness (QED) is 0.427. The molecular formula is C29H27F2N3O3. The van der Waals surface area contributed by atoms with E-state index in [-0.39, 0.29) is 24.2 Å². The molecule has 6 nitrogen and oxygen atoms in total. The number of hydrogen-bond acceptors (Lipinski definition) is 4. The standard InChI is InChI=1S/C29H27F2N3O3/c1-18(16-33-9-11-36-12-10-33)34-27-8-5-19(14-26(27)32-29(34)35)13-23-21-3-2-4-25(31)24(21)17-37-28-15-20(30)6-7-22(23)28/h2-8,13-15,18H,9-12,16-17H2,1H3,(H,32,35)/t18-/m1/s1. The number of benzene rings is 3. The first-order chi connectivity index (χ1) is 18.0. The lowest BCUT2D eigenvalue weighted by molar-refractivity contribution is 0.0326. The molecule has 4 aromatic rings. The largest absolute Gasteiger partial charge is 0.488 e. The number of morpholine rings is 1. The van der Waals surface area contributed by atoms with Gasteiger partial charge in [0.1, 0.15) is 24.0 Å². The Bertz CT molecular complexity index is 1570. The summed E-state index contributed by atoms with van der Waals surface area (Å²) in [5.74, 6) is -0.432. The summed E-state index contributed by atoms with van der Waals surface area (Å²) in [6.45, 7) is 5.95. The van der Waals surface area contributed by atoms with Crippen LogP contribution in [0.1, 0.15) is 35.2 Å². The summed E-state index contributed by atoms with van der Waals surface area (Å²) in [5.41, 5.74) is 4.72. The maximum atomic E-state index is 14.7. The van der Waals surface area contributed by atoms with Crippen molar-refractivity contribution in [2.45, 2.75) is 19.6 Å². The van der Waals surface area contributed by atoms with E-state index in [0.717, 1.165) is 41.8 Å². The van der Waals surface area contributed by atoms with Gasteiger partial charge in [-0.3, -0.25) is 9.47 Å². The molecule has 1 saturated heterocycles. The Morgan fingerprint density at radius 3 is 2.73 bits per heavy atom. The molecule has 3 aromatic carbocycles. The minimum atomic E-state index is -0.420. The van der Waals surface area contributed by atoms with Gasteiger partial charge in [0.15, 0.2) is 0 Å². The highest BCUT2D eigenvalue weighted by Crippen LogP contribution is 2.39. The minimum absolute atomic E-state index is 0.00599. The maximum absolute atomic E-state index is 14.7. The highest BCUT2D eigenvalue weighted by atomic mass is 19.1. The van der Waals surface area contributed by atoms with Gasteiger partial charge in [-0.2, -0.15) is 0 Å². The Morgan fingerprint density at radius 2 is 1.89 bits per heavy atom. The number of nitrogens with zero attached hydrogens (tertiary/aromatic N) is 2. The van der Waals surface area contributed by atoms with Gasteiger partial charge in [-0.15, -0.1) is 0 Å². The molecule has 0 aliphatic carbocycles. The van der Waals surface area contributed by atoms with Gasteiger partial charge < -0.3 is 14.5 Å². The SMILES string of the molecule is C[C@H](CN1CCOCC1)n1c(=O)[nH]c2cc(C=C3c4ccc(F)cc4OCc4c(F)cccc43)ccc21. The second kappa shape index (κ2) is 9.61. The third kappa shape index (κ3) is 4.47. The first-order valence-corrected chi connectivity index (χ1v) is 12.4. The van der Waals surface area contributed by atoms with Crippen LogP contribution >= 0.6 is 0 Å². The van der Waals surface area contributed by atoms with Crippen LogP contribution in [-0.2, 0) is 11.3 Å². The Morgan fingerprint density at radius 1 is 1.05 bits per heavy atom. The first-order valence-electron chi connectivity index (χ1n) is 12.4. The van der Waals surface area contributed by atoms with E-state index in [2.05, 4.69) is 9.88 Å². The molecule has 8 heteroatoms. The highest BCUT2D eigenvalue weighted by Gasteiger charge is 2.23. The average molecular weight is 504 g/mol. The summed E-state index contributed by atoms with van der Waals surface area (Å²) < 4.78 is 41.8. The predicted molar refractivity (Wildman–Crippen MR) is 139 cm³/mol. The number of rotatable bonds is 4. The van der Waals surface area contributed by atoms with E-state index in [9.17, 15) is 13.6 Å². The number of ether oxygens (including phenoxy) is 2. The minimum Gasteiger partial charge on any atom is -0.488 e. The van der Waals surface area contributed by atoms with Gasteiger partial charge in [0.05, 0.1) is 24.2 Å². The molecule has 1 aromatic heterocycles. The van der Waals surface area contributed by atoms with Crippen molar-refractivity contribution in [1.29, 1.82) is 0 Å². The molecule has 3 heterocycles. The molecule has 2 aliphatic heterocycles. The first kappa shape index (κ1) is 23.6. The summed E-state index contributed by atoms with van der Waals surface area (Å²) in [7, 11) is 0. The van der Waals surface area contributed by atoms with Crippen molar-refractivity contribution in [3.63, 3.8) is 0 Å². The molecule has 0 amide bonds. The highest BCUT2D eigenvalue weighted by molar-refractivity contribution is 5.95. The van der Waals surface area contributed by atoms with Gasteiger partial charge in [0.2, 0.25) is 0 Å². The van der Waals surface area contributed by atoms with Crippen LogP contribution in [0.25, 0.3) is 22.7 Å². The normalized spacial score (nSPS) is 17.8. The van der Waals surface area contributed by atoms with Crippen molar-refractivity contribution in [3.8, 4) is 5.75 Å². The van der Waals surface area contributed by atoms with E-state index >= 15 is 0 Å². The summed E-state index contributed by atoms with van der Waals surface area (Å²) in [5, 5.41) is 0. The third-order valence-corrected chi connectivity index (χ3v) is 7.13. The number of fused-ring (bicyclic) bond motifs is 3. The van der Waals surface area contributed by atoms with Gasteiger partial charge in [-0.05, 0) is 60.0 Å². The lowest BCUT2D eigenvalue weighted by Gasteiger charge is -2.29. The second-order valence-corrected chi connectivity index (χ2v) is 9.59. The van der Waals surface area contributed by atoms with E-state index < -0.39 is 5.82 Å². The Labute approximate surface area is 212 Å². The fourth-order valence-corrected chi connectivity index (χ4v) is 5.33. The van der Waals surface area contributed by atoms with Crippen LogP contribution in [-0.4, -0.2) is 47.3 Å². The number of H-pyrrole nitrogens is 1. The molecule has 6 rings (SSSR count). The Hall–Kier alpha value is -3.75. The summed E-state index contributed by atoms with van der Waals surface area (Å²) in [4.78, 5) is 18.2. The van der Waals surface area contributed by atoms with E-state index in [1.807, 2.05) is 37.3 Å². The van der Waals surface area contributed by atoms with Crippen molar-refractivity contribution in [2.75, 3.05) is 32.8 Å². The van der Waals surface area contributed by atoms with Crippen LogP contribution in [0.2, 0.25) is 0 Å². The predicted octanol–water partition coefficient (Wildman–Crippen LogP) is 4.98. The zero-order valence-corrected chi connectivity index (χ0v) is 20.5. The van der Waals surface area contributed by atoms with Crippen LogP contribution in [0.5, 0.6) is 5.75 Å². The van der Waals surface area contributed by atoms with Gasteiger partial charge in [0, 0.05) is 42.9 Å². The fraction of sp³-hybridized carbons (Fsp3) is 0.276. The molecule has 0 bridgehead atoms. The molecular weight excluding hydrogens is 476 g/mol. The smallest absolute Gasteiger partial charge is 0.326 e. The number of aromatic nitrogens is 2. The molecule has 1 N–H and O–H groups in total. The topological polar surface area (TPSA) is 59.5 Å². The number of hydrogen-bond donors (Lipinski definition) is 1. The van der Waals surface area contributed by atoms with Crippen LogP contribution in [0, 0.1) is 11.6 Å². The molecule has 1 atom stereocenters. The monoisotopic (exact) mass is 503 g/mol. The van der Waals surface area contributed by atoms with Crippen molar-refractivity contribution < 1.29 is 18.3 Å². The van der Waals surface area contributed by atoms with Crippen LogP contribution in [0.15, 0.2) is 59.4 Å². The van der Waals surface area contributed by atoms with Crippen molar-refractivity contribution in [1.82, 2.24) is 14.5 Å². The van der Waals surface area contributed by atoms with Crippen LogP contribution < -0.4 is 10.4 Å². The van der Waals surface area contributed by atoms with E-state index in [4.69, 9.17) is 9.47 Å². The lowest BCUT2D eigenvalue weighted by Crippen LogP contribution is -2.40. The van der Waals surface area contributed by atoms with E-state index in [1.165, 1.54) is 18.2 Å².